The van der Waals surface area contributed by atoms with Crippen LogP contribution in [-0.2, 0) is 19.6 Å². The van der Waals surface area contributed by atoms with E-state index in [0.29, 0.717) is 4.31 Å². The van der Waals surface area contributed by atoms with Crippen molar-refractivity contribution in [2.24, 2.45) is 5.92 Å². The Balaban J connectivity index is 2.30. The van der Waals surface area contributed by atoms with Crippen LogP contribution in [0.15, 0.2) is 23.1 Å². The zero-order valence-electron chi connectivity index (χ0n) is 15.3. The Morgan fingerprint density at radius 2 is 1.96 bits per heavy atom. The van der Waals surface area contributed by atoms with Crippen molar-refractivity contribution >= 4 is 27.8 Å². The Hall–Kier alpha value is -2.46. The third-order valence-electron chi connectivity index (χ3n) is 4.08. The molecule has 2 rings (SSSR count). The van der Waals surface area contributed by atoms with Crippen LogP contribution in [0.1, 0.15) is 41.0 Å². The first kappa shape index (κ1) is 20.8. The Labute approximate surface area is 157 Å². The SMILES string of the molecule is COCCN1C(=O)c2ccc(C(=O)N[C@H](CC(C)C)C(=O)O)cc2S1(=O)=O. The number of carbonyl (C=O) groups excluding carboxylic acids is 2. The number of hydrogen-bond donors (Lipinski definition) is 2. The second-order valence-corrected chi connectivity index (χ2v) is 8.41. The molecule has 0 bridgehead atoms. The standard InChI is InChI=1S/C17H22N2O7S/c1-10(2)8-13(17(22)23)18-15(20)11-4-5-12-14(9-11)27(24,25)19(16(12)21)6-7-26-3/h4-5,9-10,13H,6-8H2,1-3H3,(H,18,20)(H,22,23)/t13-/m1/s1. The number of methoxy groups -OCH3 is 1. The number of sulfonamides is 1. The Morgan fingerprint density at radius 1 is 1.30 bits per heavy atom. The average Bonchev–Trinajstić information content (AvgIpc) is 2.78. The molecule has 27 heavy (non-hydrogen) atoms. The molecule has 1 heterocycles. The number of nitrogens with one attached hydrogen (secondary N) is 1. The van der Waals surface area contributed by atoms with Crippen molar-refractivity contribution in [1.29, 1.82) is 0 Å². The van der Waals surface area contributed by atoms with E-state index in [4.69, 9.17) is 4.74 Å². The molecule has 0 unspecified atom stereocenters. The number of rotatable bonds is 8. The van der Waals surface area contributed by atoms with Gasteiger partial charge in [0.05, 0.1) is 18.7 Å². The molecule has 2 N–H and O–H groups in total. The van der Waals surface area contributed by atoms with Crippen LogP contribution in [0, 0.1) is 5.92 Å². The molecule has 10 heteroatoms. The zero-order chi connectivity index (χ0) is 20.4. The van der Waals surface area contributed by atoms with E-state index in [2.05, 4.69) is 5.32 Å². The zero-order valence-corrected chi connectivity index (χ0v) is 16.1. The summed E-state index contributed by atoms with van der Waals surface area (Å²) in [5.41, 5.74) is -0.0617. The fraction of sp³-hybridized carbons (Fsp3) is 0.471. The molecular weight excluding hydrogens is 376 g/mol. The monoisotopic (exact) mass is 398 g/mol. The number of ether oxygens (including phenoxy) is 1. The number of carbonyl (C=O) groups is 3. The lowest BCUT2D eigenvalue weighted by Gasteiger charge is -2.16. The first-order chi connectivity index (χ1) is 12.6. The molecular formula is C17H22N2O7S. The number of benzene rings is 1. The van der Waals surface area contributed by atoms with Crippen molar-refractivity contribution in [2.75, 3.05) is 20.3 Å². The Bertz CT molecular complexity index is 864. The quantitative estimate of drug-likeness (QED) is 0.659. The molecule has 0 aromatic heterocycles. The highest BCUT2D eigenvalue weighted by molar-refractivity contribution is 7.90. The van der Waals surface area contributed by atoms with Crippen LogP contribution in [0.3, 0.4) is 0 Å². The molecule has 0 radical (unpaired) electrons. The van der Waals surface area contributed by atoms with E-state index in [-0.39, 0.29) is 41.5 Å². The molecule has 1 aliphatic heterocycles. The van der Waals surface area contributed by atoms with Gasteiger partial charge in [-0.25, -0.2) is 17.5 Å². The first-order valence-corrected chi connectivity index (χ1v) is 9.77. The van der Waals surface area contributed by atoms with E-state index in [1.165, 1.54) is 19.2 Å². The highest BCUT2D eigenvalue weighted by atomic mass is 32.2. The average molecular weight is 398 g/mol. The van der Waals surface area contributed by atoms with Gasteiger partial charge in [0.2, 0.25) is 0 Å². The van der Waals surface area contributed by atoms with E-state index in [0.717, 1.165) is 6.07 Å². The number of amides is 2. The van der Waals surface area contributed by atoms with E-state index >= 15 is 0 Å². The topological polar surface area (TPSA) is 130 Å². The Kier molecular flexibility index (Phi) is 6.22. The number of nitrogens with zero attached hydrogens (tertiary/aromatic N) is 1. The maximum absolute atomic E-state index is 12.6. The minimum absolute atomic E-state index is 0.0281. The lowest BCUT2D eigenvalue weighted by molar-refractivity contribution is -0.139. The summed E-state index contributed by atoms with van der Waals surface area (Å²) in [5, 5.41) is 11.6. The summed E-state index contributed by atoms with van der Waals surface area (Å²) in [4.78, 5) is 35.7. The normalized spacial score (nSPS) is 16.3. The molecule has 1 aliphatic rings. The third kappa shape index (κ3) is 4.28. The van der Waals surface area contributed by atoms with Crippen molar-refractivity contribution in [1.82, 2.24) is 9.62 Å². The van der Waals surface area contributed by atoms with Gasteiger partial charge in [0.15, 0.2) is 0 Å². The molecule has 1 aromatic carbocycles. The molecule has 0 spiro atoms. The van der Waals surface area contributed by atoms with Crippen LogP contribution < -0.4 is 5.32 Å². The third-order valence-corrected chi connectivity index (χ3v) is 5.90. The van der Waals surface area contributed by atoms with Crippen molar-refractivity contribution < 1.29 is 32.6 Å². The summed E-state index contributed by atoms with van der Waals surface area (Å²) in [5.74, 6) is -2.54. The molecule has 2 amide bonds. The predicted molar refractivity (Wildman–Crippen MR) is 94.9 cm³/mol. The lowest BCUT2D eigenvalue weighted by Crippen LogP contribution is -2.41. The summed E-state index contributed by atoms with van der Waals surface area (Å²) in [6.45, 7) is 3.56. The summed E-state index contributed by atoms with van der Waals surface area (Å²) < 4.78 is 30.7. The van der Waals surface area contributed by atoms with Crippen LogP contribution in [0.2, 0.25) is 0 Å². The predicted octanol–water partition coefficient (Wildman–Crippen LogP) is 0.707. The second kappa shape index (κ2) is 8.05. The van der Waals surface area contributed by atoms with Crippen LogP contribution >= 0.6 is 0 Å². The number of fused-ring (bicyclic) bond motifs is 1. The molecule has 148 valence electrons. The molecule has 0 fully saturated rings. The van der Waals surface area contributed by atoms with Gasteiger partial charge in [-0.05, 0) is 30.5 Å². The van der Waals surface area contributed by atoms with Crippen molar-refractivity contribution in [3.63, 3.8) is 0 Å². The second-order valence-electron chi connectivity index (χ2n) is 6.58. The van der Waals surface area contributed by atoms with Gasteiger partial charge >= 0.3 is 5.97 Å². The number of carboxylic acids is 1. The minimum atomic E-state index is -4.08. The van der Waals surface area contributed by atoms with Crippen molar-refractivity contribution in [3.8, 4) is 0 Å². The van der Waals surface area contributed by atoms with E-state index in [1.807, 2.05) is 13.8 Å². The summed E-state index contributed by atoms with van der Waals surface area (Å²) >= 11 is 0. The number of hydrogen-bond acceptors (Lipinski definition) is 6. The molecule has 0 aliphatic carbocycles. The van der Waals surface area contributed by atoms with Gasteiger partial charge in [0, 0.05) is 12.7 Å². The van der Waals surface area contributed by atoms with Gasteiger partial charge in [-0.15, -0.1) is 0 Å². The van der Waals surface area contributed by atoms with Gasteiger partial charge in [-0.1, -0.05) is 13.8 Å². The number of aliphatic carboxylic acids is 1. The molecule has 0 saturated heterocycles. The van der Waals surface area contributed by atoms with Crippen LogP contribution in [0.25, 0.3) is 0 Å². The molecule has 1 atom stereocenters. The summed E-state index contributed by atoms with van der Waals surface area (Å²) in [6.07, 6.45) is 0.230. The van der Waals surface area contributed by atoms with Crippen molar-refractivity contribution in [3.05, 3.63) is 29.3 Å². The van der Waals surface area contributed by atoms with Gasteiger partial charge < -0.3 is 15.2 Å². The van der Waals surface area contributed by atoms with Gasteiger partial charge in [0.1, 0.15) is 10.9 Å². The smallest absolute Gasteiger partial charge is 0.326 e. The van der Waals surface area contributed by atoms with E-state index in [9.17, 15) is 27.9 Å². The van der Waals surface area contributed by atoms with Crippen LogP contribution in [-0.4, -0.2) is 61.9 Å². The van der Waals surface area contributed by atoms with Gasteiger partial charge in [-0.2, -0.15) is 0 Å². The Morgan fingerprint density at radius 3 is 2.52 bits per heavy atom. The fourth-order valence-corrected chi connectivity index (χ4v) is 4.32. The largest absolute Gasteiger partial charge is 0.480 e. The maximum atomic E-state index is 12.6. The number of carboxylic acid groups (broad SMARTS) is 1. The highest BCUT2D eigenvalue weighted by Crippen LogP contribution is 2.30. The van der Waals surface area contributed by atoms with Crippen LogP contribution in [0.4, 0.5) is 0 Å². The molecule has 0 saturated carbocycles. The lowest BCUT2D eigenvalue weighted by atomic mass is 10.0. The van der Waals surface area contributed by atoms with E-state index in [1.54, 1.807) is 0 Å². The minimum Gasteiger partial charge on any atom is -0.480 e. The maximum Gasteiger partial charge on any atom is 0.326 e. The molecule has 1 aromatic rings. The van der Waals surface area contributed by atoms with Gasteiger partial charge in [-0.3, -0.25) is 9.59 Å². The summed E-state index contributed by atoms with van der Waals surface area (Å²) in [6, 6.07) is 2.56. The van der Waals surface area contributed by atoms with Gasteiger partial charge in [0.25, 0.3) is 21.8 Å². The fourth-order valence-electron chi connectivity index (χ4n) is 2.75. The van der Waals surface area contributed by atoms with E-state index < -0.39 is 33.8 Å². The van der Waals surface area contributed by atoms with Crippen LogP contribution in [0.5, 0.6) is 0 Å². The highest BCUT2D eigenvalue weighted by Gasteiger charge is 2.41. The molecule has 9 nitrogen and oxygen atoms in total. The van der Waals surface area contributed by atoms with Crippen molar-refractivity contribution in [2.45, 2.75) is 31.2 Å². The summed E-state index contributed by atoms with van der Waals surface area (Å²) in [7, 11) is -2.69. The first-order valence-electron chi connectivity index (χ1n) is 8.33.